The van der Waals surface area contributed by atoms with Gasteiger partial charge < -0.3 is 0 Å². The molecule has 0 fully saturated rings. The Morgan fingerprint density at radius 2 is 0.552 bits per heavy atom. The third-order valence-corrected chi connectivity index (χ3v) is 12.9. The first kappa shape index (κ1) is 31.6. The van der Waals surface area contributed by atoms with Crippen LogP contribution in [0.15, 0.2) is 206 Å². The van der Waals surface area contributed by atoms with E-state index in [1.165, 1.54) is 131 Å². The lowest BCUT2D eigenvalue weighted by Crippen LogP contribution is -1.94. The summed E-state index contributed by atoms with van der Waals surface area (Å²) < 4.78 is 0. The lowest BCUT2D eigenvalue weighted by molar-refractivity contribution is 1.61. The molecule has 58 heavy (non-hydrogen) atoms. The summed E-state index contributed by atoms with van der Waals surface area (Å²) in [7, 11) is 0. The van der Waals surface area contributed by atoms with Crippen LogP contribution >= 0.6 is 0 Å². The molecule has 0 N–H and O–H groups in total. The molecule has 1 aliphatic carbocycles. The molecule has 0 saturated carbocycles. The average Bonchev–Trinajstić information content (AvgIpc) is 3.63. The van der Waals surface area contributed by atoms with Crippen molar-refractivity contribution in [3.8, 4) is 66.8 Å². The van der Waals surface area contributed by atoms with Gasteiger partial charge in [-0.05, 0) is 131 Å². The van der Waals surface area contributed by atoms with Gasteiger partial charge in [0, 0.05) is 0 Å². The topological polar surface area (TPSA) is 0 Å². The molecule has 0 aromatic heterocycles. The van der Waals surface area contributed by atoms with E-state index in [1.807, 2.05) is 0 Å². The van der Waals surface area contributed by atoms with E-state index in [2.05, 4.69) is 206 Å². The van der Waals surface area contributed by atoms with Gasteiger partial charge in [-0.3, -0.25) is 0 Å². The fourth-order valence-corrected chi connectivity index (χ4v) is 10.7. The van der Waals surface area contributed by atoms with Crippen molar-refractivity contribution in [3.63, 3.8) is 0 Å². The number of benzene rings is 12. The van der Waals surface area contributed by atoms with Crippen LogP contribution in [0.1, 0.15) is 0 Å². The summed E-state index contributed by atoms with van der Waals surface area (Å²) in [5.41, 5.74) is 15.4. The van der Waals surface area contributed by atoms with E-state index in [0.717, 1.165) is 0 Å². The third kappa shape index (κ3) is 4.19. The molecule has 12 aromatic carbocycles. The van der Waals surface area contributed by atoms with E-state index < -0.39 is 0 Å². The Kier molecular flexibility index (Phi) is 6.54. The molecule has 0 nitrogen and oxygen atoms in total. The molecule has 0 unspecified atom stereocenters. The number of hydrogen-bond donors (Lipinski definition) is 0. The van der Waals surface area contributed by atoms with Gasteiger partial charge in [0.25, 0.3) is 0 Å². The standard InChI is InChI=1S/C58H34/c1-4-17-35(18-5-1)38-23-10-12-25-40(38)52-41-26-13-11-24-39(41)42-29-16-30-45-46-31-32-48-55-49(34-33-47(54(46)55)58(52)53(42)45)57-51(37-21-8-3-9-22-37)44-28-15-14-27-43(44)50(56(48)57)36-19-6-2-7-20-36/h1-34H. The second-order valence-corrected chi connectivity index (χ2v) is 15.8. The van der Waals surface area contributed by atoms with Crippen molar-refractivity contribution in [1.29, 1.82) is 0 Å². The van der Waals surface area contributed by atoms with Crippen LogP contribution in [0, 0.1) is 0 Å². The lowest BCUT2D eigenvalue weighted by atomic mass is 9.81. The first-order chi connectivity index (χ1) is 28.8. The smallest absolute Gasteiger partial charge is 0.000740 e. The van der Waals surface area contributed by atoms with Gasteiger partial charge in [0.15, 0.2) is 0 Å². The third-order valence-electron chi connectivity index (χ3n) is 12.9. The Bertz CT molecular complexity index is 3540. The molecule has 0 heteroatoms. The maximum absolute atomic E-state index is 2.46. The SMILES string of the molecule is c1ccc(-c2ccccc2-c2c3ccccc3c3cccc4c5ccc6c7c(ccc(c2c34)c75)-c2c-6c(-c3ccccc3)c3ccccc3c2-c2ccccc2)cc1. The highest BCUT2D eigenvalue weighted by atomic mass is 14.3. The van der Waals surface area contributed by atoms with Gasteiger partial charge in [0.05, 0.1) is 0 Å². The minimum absolute atomic E-state index is 1.23. The summed E-state index contributed by atoms with van der Waals surface area (Å²) in [4.78, 5) is 0. The first-order valence-electron chi connectivity index (χ1n) is 20.3. The average molecular weight is 731 g/mol. The zero-order valence-corrected chi connectivity index (χ0v) is 31.6. The molecule has 12 aromatic rings. The molecule has 0 radical (unpaired) electrons. The van der Waals surface area contributed by atoms with E-state index in [-0.39, 0.29) is 0 Å². The maximum Gasteiger partial charge on any atom is -0.000740 e. The zero-order valence-electron chi connectivity index (χ0n) is 31.6. The van der Waals surface area contributed by atoms with E-state index in [9.17, 15) is 0 Å². The predicted octanol–water partition coefficient (Wildman–Crippen LogP) is 16.4. The highest BCUT2D eigenvalue weighted by Gasteiger charge is 2.32. The fraction of sp³-hybridized carbons (Fsp3) is 0. The number of hydrogen-bond acceptors (Lipinski definition) is 0. The van der Waals surface area contributed by atoms with Crippen molar-refractivity contribution in [2.45, 2.75) is 0 Å². The predicted molar refractivity (Wildman–Crippen MR) is 249 cm³/mol. The first-order valence-corrected chi connectivity index (χ1v) is 20.3. The van der Waals surface area contributed by atoms with E-state index in [1.54, 1.807) is 0 Å². The van der Waals surface area contributed by atoms with Crippen LogP contribution in [-0.2, 0) is 0 Å². The quantitative estimate of drug-likeness (QED) is 0.125. The van der Waals surface area contributed by atoms with Gasteiger partial charge in [-0.25, -0.2) is 0 Å². The largest absolute Gasteiger partial charge is 0.0622 e. The summed E-state index contributed by atoms with van der Waals surface area (Å²) in [6.45, 7) is 0. The van der Waals surface area contributed by atoms with Gasteiger partial charge in [-0.2, -0.15) is 0 Å². The summed E-state index contributed by atoms with van der Waals surface area (Å²) >= 11 is 0. The van der Waals surface area contributed by atoms with Crippen LogP contribution in [0.3, 0.4) is 0 Å². The molecule has 13 rings (SSSR count). The minimum Gasteiger partial charge on any atom is -0.0622 e. The fourth-order valence-electron chi connectivity index (χ4n) is 10.7. The normalized spacial score (nSPS) is 12.1. The minimum atomic E-state index is 1.23. The van der Waals surface area contributed by atoms with Crippen LogP contribution in [0.5, 0.6) is 0 Å². The zero-order chi connectivity index (χ0) is 37.9. The molecular formula is C58H34. The Hall–Kier alpha value is -7.54. The summed E-state index contributed by atoms with van der Waals surface area (Å²) in [6.07, 6.45) is 0. The van der Waals surface area contributed by atoms with Crippen molar-refractivity contribution in [3.05, 3.63) is 206 Å². The number of fused-ring (bicyclic) bond motifs is 8. The van der Waals surface area contributed by atoms with E-state index in [4.69, 9.17) is 0 Å². The maximum atomic E-state index is 2.46. The van der Waals surface area contributed by atoms with E-state index in [0.29, 0.717) is 0 Å². The molecule has 0 aliphatic heterocycles. The molecule has 0 spiro atoms. The van der Waals surface area contributed by atoms with Gasteiger partial charge in [0.1, 0.15) is 0 Å². The summed E-state index contributed by atoms with van der Waals surface area (Å²) in [5.74, 6) is 0. The molecular weight excluding hydrogens is 697 g/mol. The molecule has 0 bridgehead atoms. The Balaban J connectivity index is 1.26. The molecule has 0 saturated heterocycles. The van der Waals surface area contributed by atoms with E-state index >= 15 is 0 Å². The van der Waals surface area contributed by atoms with Crippen LogP contribution in [-0.4, -0.2) is 0 Å². The Labute approximate surface area is 336 Å². The van der Waals surface area contributed by atoms with Crippen molar-refractivity contribution >= 4 is 64.6 Å². The lowest BCUT2D eigenvalue weighted by Gasteiger charge is -2.22. The Morgan fingerprint density at radius 3 is 1.14 bits per heavy atom. The molecule has 0 atom stereocenters. The van der Waals surface area contributed by atoms with Crippen LogP contribution in [0.4, 0.5) is 0 Å². The molecule has 0 heterocycles. The second-order valence-electron chi connectivity index (χ2n) is 15.8. The number of rotatable bonds is 4. The molecule has 266 valence electrons. The van der Waals surface area contributed by atoms with Crippen molar-refractivity contribution < 1.29 is 0 Å². The highest BCUT2D eigenvalue weighted by molar-refractivity contribution is 6.43. The highest BCUT2D eigenvalue weighted by Crippen LogP contribution is 2.60. The Morgan fingerprint density at radius 1 is 0.155 bits per heavy atom. The van der Waals surface area contributed by atoms with Crippen molar-refractivity contribution in [2.75, 3.05) is 0 Å². The summed E-state index contributed by atoms with van der Waals surface area (Å²) in [6, 6.07) is 76.8. The van der Waals surface area contributed by atoms with Crippen LogP contribution < -0.4 is 0 Å². The van der Waals surface area contributed by atoms with Gasteiger partial charge in [-0.15, -0.1) is 0 Å². The van der Waals surface area contributed by atoms with Gasteiger partial charge in [0.2, 0.25) is 0 Å². The van der Waals surface area contributed by atoms with Gasteiger partial charge in [-0.1, -0.05) is 206 Å². The summed E-state index contributed by atoms with van der Waals surface area (Å²) in [5, 5.41) is 15.7. The molecule has 1 aliphatic rings. The monoisotopic (exact) mass is 730 g/mol. The van der Waals surface area contributed by atoms with Gasteiger partial charge >= 0.3 is 0 Å². The second kappa shape index (κ2) is 12.0. The van der Waals surface area contributed by atoms with Crippen LogP contribution in [0.25, 0.3) is 131 Å². The van der Waals surface area contributed by atoms with Crippen molar-refractivity contribution in [1.82, 2.24) is 0 Å². The molecule has 0 amide bonds. The van der Waals surface area contributed by atoms with Crippen molar-refractivity contribution in [2.24, 2.45) is 0 Å². The van der Waals surface area contributed by atoms with Crippen LogP contribution in [0.2, 0.25) is 0 Å².